The molecule has 0 saturated heterocycles. The molecular weight excluding hydrogens is 250 g/mol. The minimum atomic E-state index is 0.164. The summed E-state index contributed by atoms with van der Waals surface area (Å²) in [6, 6.07) is 8.18. The van der Waals surface area contributed by atoms with Crippen LogP contribution in [0.2, 0.25) is 5.02 Å². The Balaban J connectivity index is 1.79. The number of likely N-dealkylation sites (N-methyl/N-ethyl adjacent to an activating group) is 1. The van der Waals surface area contributed by atoms with E-state index in [1.807, 2.05) is 24.3 Å². The molecule has 1 aliphatic carbocycles. The first kappa shape index (κ1) is 13.8. The Morgan fingerprint density at radius 1 is 1.33 bits per heavy atom. The molecule has 3 atom stereocenters. The second kappa shape index (κ2) is 6.53. The summed E-state index contributed by atoms with van der Waals surface area (Å²) in [6.45, 7) is 3.68. The molecule has 0 heterocycles. The van der Waals surface area contributed by atoms with E-state index in [-0.39, 0.29) is 12.2 Å². The van der Waals surface area contributed by atoms with Gasteiger partial charge < -0.3 is 14.8 Å². The number of hydrogen-bond acceptors (Lipinski definition) is 3. The van der Waals surface area contributed by atoms with Crippen molar-refractivity contribution >= 4 is 11.6 Å². The van der Waals surface area contributed by atoms with E-state index in [9.17, 15) is 0 Å². The molecular formula is C14H20ClNO2. The lowest BCUT2D eigenvalue weighted by Crippen LogP contribution is -2.59. The van der Waals surface area contributed by atoms with Crippen molar-refractivity contribution in [2.75, 3.05) is 13.7 Å². The molecule has 0 aromatic heterocycles. The van der Waals surface area contributed by atoms with Gasteiger partial charge in [0.1, 0.15) is 0 Å². The van der Waals surface area contributed by atoms with Crippen molar-refractivity contribution in [2.24, 2.45) is 0 Å². The third-order valence-electron chi connectivity index (χ3n) is 3.37. The van der Waals surface area contributed by atoms with Gasteiger partial charge in [0.2, 0.25) is 0 Å². The van der Waals surface area contributed by atoms with Crippen molar-refractivity contribution in [2.45, 2.75) is 38.2 Å². The maximum atomic E-state index is 5.88. The number of ether oxygens (including phenoxy) is 2. The van der Waals surface area contributed by atoms with Crippen molar-refractivity contribution in [3.8, 4) is 0 Å². The Bertz CT molecular complexity index is 369. The summed E-state index contributed by atoms with van der Waals surface area (Å²) in [5.74, 6) is 0. The molecule has 1 fully saturated rings. The van der Waals surface area contributed by atoms with Crippen LogP contribution in [0.4, 0.5) is 0 Å². The van der Waals surface area contributed by atoms with Crippen LogP contribution < -0.4 is 5.32 Å². The number of halogens is 1. The maximum absolute atomic E-state index is 5.88. The van der Waals surface area contributed by atoms with Crippen LogP contribution in [-0.4, -0.2) is 31.9 Å². The highest BCUT2D eigenvalue weighted by Crippen LogP contribution is 2.27. The molecule has 2 rings (SSSR count). The molecule has 0 amide bonds. The largest absolute Gasteiger partial charge is 0.377 e. The van der Waals surface area contributed by atoms with Gasteiger partial charge in [-0.05, 0) is 30.7 Å². The standard InChI is InChI=1S/C14H20ClNO2/c1-3-16-12-8-13(14(12)17-2)18-9-10-4-6-11(15)7-5-10/h4-7,12-14,16H,3,8-9H2,1-2H3. The fourth-order valence-electron chi connectivity index (χ4n) is 2.31. The van der Waals surface area contributed by atoms with Gasteiger partial charge in [-0.3, -0.25) is 0 Å². The summed E-state index contributed by atoms with van der Waals surface area (Å²) in [5.41, 5.74) is 1.14. The SMILES string of the molecule is CCNC1CC(OCc2ccc(Cl)cc2)C1OC. The highest BCUT2D eigenvalue weighted by molar-refractivity contribution is 6.30. The molecule has 1 aromatic rings. The predicted molar refractivity (Wildman–Crippen MR) is 72.9 cm³/mol. The van der Waals surface area contributed by atoms with Crippen LogP contribution in [0.5, 0.6) is 0 Å². The summed E-state index contributed by atoms with van der Waals surface area (Å²) < 4.78 is 11.3. The fourth-order valence-corrected chi connectivity index (χ4v) is 2.43. The lowest BCUT2D eigenvalue weighted by atomic mass is 9.85. The van der Waals surface area contributed by atoms with E-state index in [0.29, 0.717) is 12.6 Å². The van der Waals surface area contributed by atoms with Gasteiger partial charge in [-0.2, -0.15) is 0 Å². The van der Waals surface area contributed by atoms with Crippen molar-refractivity contribution in [1.29, 1.82) is 0 Å². The third kappa shape index (κ3) is 3.23. The van der Waals surface area contributed by atoms with Crippen molar-refractivity contribution in [3.63, 3.8) is 0 Å². The average Bonchev–Trinajstić information content (AvgIpc) is 2.35. The van der Waals surface area contributed by atoms with Crippen molar-refractivity contribution < 1.29 is 9.47 Å². The lowest BCUT2D eigenvalue weighted by molar-refractivity contribution is -0.139. The Morgan fingerprint density at radius 3 is 2.67 bits per heavy atom. The molecule has 1 aliphatic rings. The van der Waals surface area contributed by atoms with E-state index < -0.39 is 0 Å². The van der Waals surface area contributed by atoms with Crippen LogP contribution in [0.25, 0.3) is 0 Å². The number of hydrogen-bond donors (Lipinski definition) is 1. The molecule has 18 heavy (non-hydrogen) atoms. The number of methoxy groups -OCH3 is 1. The van der Waals surface area contributed by atoms with E-state index in [4.69, 9.17) is 21.1 Å². The van der Waals surface area contributed by atoms with Crippen molar-refractivity contribution in [1.82, 2.24) is 5.32 Å². The first-order chi connectivity index (χ1) is 8.74. The molecule has 1 N–H and O–H groups in total. The zero-order valence-electron chi connectivity index (χ0n) is 10.9. The monoisotopic (exact) mass is 269 g/mol. The van der Waals surface area contributed by atoms with Gasteiger partial charge in [-0.15, -0.1) is 0 Å². The normalized spacial score (nSPS) is 26.9. The second-order valence-electron chi connectivity index (χ2n) is 4.58. The summed E-state index contributed by atoms with van der Waals surface area (Å²) in [5, 5.41) is 4.15. The first-order valence-electron chi connectivity index (χ1n) is 6.36. The topological polar surface area (TPSA) is 30.5 Å². The summed E-state index contributed by atoms with van der Waals surface area (Å²) in [4.78, 5) is 0. The van der Waals surface area contributed by atoms with Gasteiger partial charge in [0, 0.05) is 18.2 Å². The highest BCUT2D eigenvalue weighted by Gasteiger charge is 2.41. The molecule has 3 nitrogen and oxygen atoms in total. The summed E-state index contributed by atoms with van der Waals surface area (Å²) in [7, 11) is 1.74. The van der Waals surface area contributed by atoms with Crippen LogP contribution in [0, 0.1) is 0 Å². The maximum Gasteiger partial charge on any atom is 0.0987 e. The second-order valence-corrected chi connectivity index (χ2v) is 5.01. The molecule has 4 heteroatoms. The van der Waals surface area contributed by atoms with E-state index in [1.165, 1.54) is 0 Å². The molecule has 0 bridgehead atoms. The first-order valence-corrected chi connectivity index (χ1v) is 6.74. The lowest BCUT2D eigenvalue weighted by Gasteiger charge is -2.43. The minimum Gasteiger partial charge on any atom is -0.377 e. The van der Waals surface area contributed by atoms with Gasteiger partial charge >= 0.3 is 0 Å². The van der Waals surface area contributed by atoms with E-state index in [2.05, 4.69) is 12.2 Å². The molecule has 1 aromatic carbocycles. The summed E-state index contributed by atoms with van der Waals surface area (Å²) in [6.07, 6.45) is 1.37. The highest BCUT2D eigenvalue weighted by atomic mass is 35.5. The Morgan fingerprint density at radius 2 is 2.06 bits per heavy atom. The van der Waals surface area contributed by atoms with Crippen LogP contribution in [0.3, 0.4) is 0 Å². The Hall–Kier alpha value is -0.610. The predicted octanol–water partition coefficient (Wildman–Crippen LogP) is 2.62. The zero-order chi connectivity index (χ0) is 13.0. The average molecular weight is 270 g/mol. The number of nitrogens with one attached hydrogen (secondary N) is 1. The number of rotatable bonds is 6. The molecule has 0 radical (unpaired) electrons. The van der Waals surface area contributed by atoms with E-state index >= 15 is 0 Å². The Labute approximate surface area is 113 Å². The van der Waals surface area contributed by atoms with Gasteiger partial charge in [-0.1, -0.05) is 30.7 Å². The van der Waals surface area contributed by atoms with Crippen LogP contribution in [0.15, 0.2) is 24.3 Å². The van der Waals surface area contributed by atoms with Gasteiger partial charge in [-0.25, -0.2) is 0 Å². The van der Waals surface area contributed by atoms with Gasteiger partial charge in [0.05, 0.1) is 18.8 Å². The molecule has 0 spiro atoms. The van der Waals surface area contributed by atoms with Crippen LogP contribution >= 0.6 is 11.6 Å². The fraction of sp³-hybridized carbons (Fsp3) is 0.571. The van der Waals surface area contributed by atoms with Gasteiger partial charge in [0.15, 0.2) is 0 Å². The zero-order valence-corrected chi connectivity index (χ0v) is 11.6. The van der Waals surface area contributed by atoms with E-state index in [0.717, 1.165) is 23.6 Å². The quantitative estimate of drug-likeness (QED) is 0.861. The minimum absolute atomic E-state index is 0.164. The van der Waals surface area contributed by atoms with Crippen molar-refractivity contribution in [3.05, 3.63) is 34.9 Å². The number of benzene rings is 1. The van der Waals surface area contributed by atoms with E-state index in [1.54, 1.807) is 7.11 Å². The molecule has 3 unspecified atom stereocenters. The third-order valence-corrected chi connectivity index (χ3v) is 3.62. The molecule has 0 aliphatic heterocycles. The van der Waals surface area contributed by atoms with Crippen LogP contribution in [-0.2, 0) is 16.1 Å². The molecule has 1 saturated carbocycles. The summed E-state index contributed by atoms with van der Waals surface area (Å²) >= 11 is 5.84. The smallest absolute Gasteiger partial charge is 0.0987 e. The van der Waals surface area contributed by atoms with Crippen LogP contribution in [0.1, 0.15) is 18.9 Å². The molecule has 100 valence electrons. The van der Waals surface area contributed by atoms with Gasteiger partial charge in [0.25, 0.3) is 0 Å². The Kier molecular flexibility index (Phi) is 5.01.